The number of para-hydroxylation sites is 1. The Morgan fingerprint density at radius 1 is 1.35 bits per heavy atom. The predicted octanol–water partition coefficient (Wildman–Crippen LogP) is 1.68. The first-order chi connectivity index (χ1) is 8.08. The summed E-state index contributed by atoms with van der Waals surface area (Å²) in [7, 11) is 1.39. The summed E-state index contributed by atoms with van der Waals surface area (Å²) in [5, 5.41) is 9.52. The SMILES string of the molecule is CCC(=O)CC(=O)Oc1c(O)cccc1OC. The minimum absolute atomic E-state index is 0.0658. The van der Waals surface area contributed by atoms with Crippen molar-refractivity contribution in [2.45, 2.75) is 19.8 Å². The fraction of sp³-hybridized carbons (Fsp3) is 0.333. The zero-order valence-corrected chi connectivity index (χ0v) is 9.73. The third-order valence-corrected chi connectivity index (χ3v) is 2.13. The molecule has 0 unspecified atom stereocenters. The van der Waals surface area contributed by atoms with Crippen LogP contribution in [0.1, 0.15) is 19.8 Å². The molecule has 0 heterocycles. The van der Waals surface area contributed by atoms with E-state index < -0.39 is 5.97 Å². The predicted molar refractivity (Wildman–Crippen MR) is 60.2 cm³/mol. The van der Waals surface area contributed by atoms with E-state index in [1.165, 1.54) is 13.2 Å². The van der Waals surface area contributed by atoms with Crippen LogP contribution in [0.3, 0.4) is 0 Å². The molecule has 0 aliphatic heterocycles. The molecule has 0 saturated carbocycles. The van der Waals surface area contributed by atoms with Crippen LogP contribution < -0.4 is 9.47 Å². The Morgan fingerprint density at radius 3 is 2.65 bits per heavy atom. The van der Waals surface area contributed by atoms with E-state index in [1.807, 2.05) is 0 Å². The van der Waals surface area contributed by atoms with Crippen LogP contribution in [0.25, 0.3) is 0 Å². The van der Waals surface area contributed by atoms with Gasteiger partial charge in [-0.2, -0.15) is 0 Å². The number of hydrogen-bond acceptors (Lipinski definition) is 5. The fourth-order valence-corrected chi connectivity index (χ4v) is 1.20. The standard InChI is InChI=1S/C12H14O5/c1-3-8(13)7-11(15)17-12-9(14)5-4-6-10(12)16-2/h4-6,14H,3,7H2,1-2H3. The maximum atomic E-state index is 11.4. The molecule has 5 nitrogen and oxygen atoms in total. The fourth-order valence-electron chi connectivity index (χ4n) is 1.20. The number of ether oxygens (including phenoxy) is 2. The van der Waals surface area contributed by atoms with Gasteiger partial charge in [0.25, 0.3) is 0 Å². The highest BCUT2D eigenvalue weighted by Gasteiger charge is 2.16. The van der Waals surface area contributed by atoms with Crippen LogP contribution >= 0.6 is 0 Å². The van der Waals surface area contributed by atoms with Gasteiger partial charge in [0.15, 0.2) is 11.5 Å². The normalized spacial score (nSPS) is 9.76. The third-order valence-electron chi connectivity index (χ3n) is 2.13. The third kappa shape index (κ3) is 3.48. The minimum Gasteiger partial charge on any atom is -0.504 e. The lowest BCUT2D eigenvalue weighted by Crippen LogP contribution is -2.13. The summed E-state index contributed by atoms with van der Waals surface area (Å²) in [6.07, 6.45) is -0.0407. The number of esters is 1. The Hall–Kier alpha value is -2.04. The molecule has 0 aliphatic carbocycles. The molecule has 0 aliphatic rings. The molecule has 0 spiro atoms. The second-order valence-electron chi connectivity index (χ2n) is 3.35. The summed E-state index contributed by atoms with van der Waals surface area (Å²) < 4.78 is 9.84. The van der Waals surface area contributed by atoms with Crippen LogP contribution in [0.5, 0.6) is 17.2 Å². The van der Waals surface area contributed by atoms with Crippen molar-refractivity contribution in [3.05, 3.63) is 18.2 Å². The smallest absolute Gasteiger partial charge is 0.318 e. The Balaban J connectivity index is 2.80. The Bertz CT molecular complexity index is 425. The molecule has 1 N–H and O–H groups in total. The van der Waals surface area contributed by atoms with Crippen LogP contribution in [0.4, 0.5) is 0 Å². The average molecular weight is 238 g/mol. The molecule has 5 heteroatoms. The monoisotopic (exact) mass is 238 g/mol. The second-order valence-corrected chi connectivity index (χ2v) is 3.35. The molecule has 0 bridgehead atoms. The number of phenolic OH excluding ortho intramolecular Hbond substituents is 1. The highest BCUT2D eigenvalue weighted by molar-refractivity contribution is 5.96. The lowest BCUT2D eigenvalue weighted by molar-refractivity contribution is -0.138. The topological polar surface area (TPSA) is 72.8 Å². The minimum atomic E-state index is -0.711. The van der Waals surface area contributed by atoms with Gasteiger partial charge in [-0.25, -0.2) is 0 Å². The molecular formula is C12H14O5. The Kier molecular flexibility index (Phi) is 4.51. The molecule has 1 aromatic rings. The average Bonchev–Trinajstić information content (AvgIpc) is 2.31. The zero-order chi connectivity index (χ0) is 12.8. The van der Waals surface area contributed by atoms with Crippen molar-refractivity contribution in [1.82, 2.24) is 0 Å². The van der Waals surface area contributed by atoms with E-state index in [2.05, 4.69) is 0 Å². The van der Waals surface area contributed by atoms with Crippen LogP contribution in [-0.2, 0) is 9.59 Å². The van der Waals surface area contributed by atoms with Gasteiger partial charge in [0.1, 0.15) is 12.2 Å². The summed E-state index contributed by atoms with van der Waals surface area (Å²) >= 11 is 0. The van der Waals surface area contributed by atoms with Crippen molar-refractivity contribution < 1.29 is 24.2 Å². The highest BCUT2D eigenvalue weighted by atomic mass is 16.6. The number of hydrogen-bond donors (Lipinski definition) is 1. The van der Waals surface area contributed by atoms with Crippen molar-refractivity contribution in [3.63, 3.8) is 0 Å². The van der Waals surface area contributed by atoms with Gasteiger partial charge >= 0.3 is 5.97 Å². The van der Waals surface area contributed by atoms with Crippen LogP contribution in [0.15, 0.2) is 18.2 Å². The van der Waals surface area contributed by atoms with Crippen molar-refractivity contribution >= 4 is 11.8 Å². The summed E-state index contributed by atoms with van der Waals surface area (Å²) in [5.74, 6) is -0.964. The number of methoxy groups -OCH3 is 1. The van der Waals surface area contributed by atoms with Gasteiger partial charge in [-0.1, -0.05) is 13.0 Å². The van der Waals surface area contributed by atoms with E-state index in [0.717, 1.165) is 0 Å². The molecule has 92 valence electrons. The lowest BCUT2D eigenvalue weighted by Gasteiger charge is -2.09. The Labute approximate surface area is 99.0 Å². The maximum Gasteiger partial charge on any atom is 0.318 e. The van der Waals surface area contributed by atoms with E-state index in [-0.39, 0.29) is 35.9 Å². The van der Waals surface area contributed by atoms with E-state index in [0.29, 0.717) is 0 Å². The number of aromatic hydroxyl groups is 1. The first-order valence-electron chi connectivity index (χ1n) is 5.16. The first-order valence-corrected chi connectivity index (χ1v) is 5.16. The number of Topliss-reactive ketones (excluding diaryl/α,β-unsaturated/α-hetero) is 1. The van der Waals surface area contributed by atoms with Crippen molar-refractivity contribution in [1.29, 1.82) is 0 Å². The molecule has 1 rings (SSSR count). The van der Waals surface area contributed by atoms with E-state index in [9.17, 15) is 14.7 Å². The lowest BCUT2D eigenvalue weighted by atomic mass is 10.2. The van der Waals surface area contributed by atoms with E-state index >= 15 is 0 Å². The van der Waals surface area contributed by atoms with E-state index in [4.69, 9.17) is 9.47 Å². The molecule has 1 aromatic carbocycles. The van der Waals surface area contributed by atoms with Crippen molar-refractivity contribution in [2.24, 2.45) is 0 Å². The quantitative estimate of drug-likeness (QED) is 0.480. The largest absolute Gasteiger partial charge is 0.504 e. The van der Waals surface area contributed by atoms with Gasteiger partial charge in [-0.3, -0.25) is 9.59 Å². The number of carbonyl (C=O) groups excluding carboxylic acids is 2. The van der Waals surface area contributed by atoms with Gasteiger partial charge < -0.3 is 14.6 Å². The number of ketones is 1. The zero-order valence-electron chi connectivity index (χ0n) is 9.73. The number of benzene rings is 1. The summed E-state index contributed by atoms with van der Waals surface area (Å²) in [5.41, 5.74) is 0. The molecule has 0 fully saturated rings. The number of carbonyl (C=O) groups is 2. The van der Waals surface area contributed by atoms with Crippen LogP contribution in [-0.4, -0.2) is 24.0 Å². The number of phenols is 1. The molecule has 17 heavy (non-hydrogen) atoms. The van der Waals surface area contributed by atoms with Gasteiger partial charge in [-0.15, -0.1) is 0 Å². The van der Waals surface area contributed by atoms with Gasteiger partial charge in [0.05, 0.1) is 7.11 Å². The summed E-state index contributed by atoms with van der Waals surface area (Å²) in [4.78, 5) is 22.4. The molecule has 0 aromatic heterocycles. The highest BCUT2D eigenvalue weighted by Crippen LogP contribution is 2.36. The van der Waals surface area contributed by atoms with Gasteiger partial charge in [0, 0.05) is 6.42 Å². The van der Waals surface area contributed by atoms with Crippen LogP contribution in [0.2, 0.25) is 0 Å². The van der Waals surface area contributed by atoms with Crippen molar-refractivity contribution in [2.75, 3.05) is 7.11 Å². The molecule has 0 saturated heterocycles. The summed E-state index contributed by atoms with van der Waals surface area (Å²) in [6, 6.07) is 4.47. The summed E-state index contributed by atoms with van der Waals surface area (Å²) in [6.45, 7) is 1.66. The number of rotatable bonds is 5. The second kappa shape index (κ2) is 5.89. The molecule has 0 radical (unpaired) electrons. The van der Waals surface area contributed by atoms with Crippen molar-refractivity contribution in [3.8, 4) is 17.2 Å². The Morgan fingerprint density at radius 2 is 2.06 bits per heavy atom. The maximum absolute atomic E-state index is 11.4. The molecule has 0 amide bonds. The molecular weight excluding hydrogens is 224 g/mol. The van der Waals surface area contributed by atoms with Crippen LogP contribution in [0, 0.1) is 0 Å². The van der Waals surface area contributed by atoms with Gasteiger partial charge in [-0.05, 0) is 12.1 Å². The first kappa shape index (κ1) is 13.0. The van der Waals surface area contributed by atoms with E-state index in [1.54, 1.807) is 19.1 Å². The van der Waals surface area contributed by atoms with Gasteiger partial charge in [0.2, 0.25) is 5.75 Å². The molecule has 0 atom stereocenters.